The molecule has 0 saturated heterocycles. The summed E-state index contributed by atoms with van der Waals surface area (Å²) in [6, 6.07) is 0. The highest BCUT2D eigenvalue weighted by molar-refractivity contribution is 7.78. The van der Waals surface area contributed by atoms with Crippen molar-refractivity contribution in [1.29, 1.82) is 0 Å². The summed E-state index contributed by atoms with van der Waals surface area (Å²) in [5, 5.41) is 0. The molecule has 0 aromatic rings. The quantitative estimate of drug-likeness (QED) is 0.324. The van der Waals surface area contributed by atoms with Crippen LogP contribution >= 0.6 is 12.8 Å². The van der Waals surface area contributed by atoms with Crippen LogP contribution in [0.2, 0.25) is 0 Å². The van der Waals surface area contributed by atoms with Gasteiger partial charge in [-0.25, -0.2) is 0 Å². The van der Waals surface area contributed by atoms with Crippen LogP contribution < -0.4 is 4.72 Å². The first-order chi connectivity index (χ1) is 9.31. The molecule has 0 aliphatic rings. The molecule has 114 valence electrons. The summed E-state index contributed by atoms with van der Waals surface area (Å²) in [6.07, 6.45) is 18.0. The summed E-state index contributed by atoms with van der Waals surface area (Å²) >= 11 is 3.73. The average molecular weight is 288 g/mol. The Morgan fingerprint density at radius 2 is 1.11 bits per heavy atom. The van der Waals surface area contributed by atoms with E-state index < -0.39 is 0 Å². The molecule has 1 N–H and O–H groups in total. The molecular weight excluding hydrogens is 254 g/mol. The smallest absolute Gasteiger partial charge is 0.229 e. The number of carbonyl (C=O) groups excluding carboxylic acids is 1. The number of hydrogen-bond donors (Lipinski definition) is 2. The van der Waals surface area contributed by atoms with Crippen LogP contribution in [-0.4, -0.2) is 5.91 Å². The van der Waals surface area contributed by atoms with Crippen molar-refractivity contribution in [1.82, 2.24) is 4.72 Å². The molecule has 0 heterocycles. The Labute approximate surface area is 125 Å². The predicted molar refractivity (Wildman–Crippen MR) is 87.4 cm³/mol. The Morgan fingerprint density at radius 1 is 0.737 bits per heavy atom. The molecule has 0 bridgehead atoms. The van der Waals surface area contributed by atoms with Crippen LogP contribution in [0.1, 0.15) is 96.8 Å². The molecule has 0 radical (unpaired) electrons. The fourth-order valence-corrected chi connectivity index (χ4v) is 2.47. The zero-order valence-corrected chi connectivity index (χ0v) is 13.6. The lowest BCUT2D eigenvalue weighted by molar-refractivity contribution is -0.119. The van der Waals surface area contributed by atoms with Gasteiger partial charge >= 0.3 is 0 Å². The van der Waals surface area contributed by atoms with Gasteiger partial charge in [-0.3, -0.25) is 4.79 Å². The molecule has 0 aromatic heterocycles. The second kappa shape index (κ2) is 15.9. The molecule has 0 fully saturated rings. The molecular formula is C16H33NOS. The molecule has 1 amide bonds. The molecule has 0 saturated carbocycles. The van der Waals surface area contributed by atoms with Crippen LogP contribution in [0.4, 0.5) is 0 Å². The van der Waals surface area contributed by atoms with E-state index in [1.807, 2.05) is 0 Å². The van der Waals surface area contributed by atoms with Crippen LogP contribution in [0.25, 0.3) is 0 Å². The van der Waals surface area contributed by atoms with Gasteiger partial charge < -0.3 is 4.72 Å². The van der Waals surface area contributed by atoms with Gasteiger partial charge in [-0.1, -0.05) is 96.8 Å². The lowest BCUT2D eigenvalue weighted by atomic mass is 10.0. The topological polar surface area (TPSA) is 29.1 Å². The van der Waals surface area contributed by atoms with E-state index in [1.165, 1.54) is 77.0 Å². The van der Waals surface area contributed by atoms with E-state index in [-0.39, 0.29) is 5.91 Å². The first-order valence-corrected chi connectivity index (χ1v) is 8.69. The Morgan fingerprint density at radius 3 is 1.47 bits per heavy atom. The number of nitrogens with one attached hydrogen (secondary N) is 1. The molecule has 3 heteroatoms. The Hall–Kier alpha value is -0.180. The Bertz CT molecular complexity index is 197. The Balaban J connectivity index is 2.97. The SMILES string of the molecule is CCCCCCCCCCCCCCCC(=O)NS. The number of thiol groups is 1. The highest BCUT2D eigenvalue weighted by Crippen LogP contribution is 2.12. The highest BCUT2D eigenvalue weighted by Gasteiger charge is 1.97. The van der Waals surface area contributed by atoms with Gasteiger partial charge in [-0.05, 0) is 6.42 Å². The lowest BCUT2D eigenvalue weighted by Crippen LogP contribution is -2.11. The minimum Gasteiger partial charge on any atom is -0.303 e. The van der Waals surface area contributed by atoms with Gasteiger partial charge in [-0.2, -0.15) is 0 Å². The van der Waals surface area contributed by atoms with Crippen molar-refractivity contribution in [2.75, 3.05) is 0 Å². The maximum absolute atomic E-state index is 10.9. The third-order valence-electron chi connectivity index (χ3n) is 3.63. The van der Waals surface area contributed by atoms with E-state index in [9.17, 15) is 4.79 Å². The van der Waals surface area contributed by atoms with E-state index in [1.54, 1.807) is 0 Å². The van der Waals surface area contributed by atoms with Gasteiger partial charge in [0.1, 0.15) is 0 Å². The molecule has 0 rings (SSSR count). The number of hydrogen-bond acceptors (Lipinski definition) is 2. The van der Waals surface area contributed by atoms with Crippen LogP contribution in [0.5, 0.6) is 0 Å². The summed E-state index contributed by atoms with van der Waals surface area (Å²) < 4.78 is 2.36. The van der Waals surface area contributed by atoms with Crippen molar-refractivity contribution >= 4 is 18.7 Å². The van der Waals surface area contributed by atoms with Crippen LogP contribution in [0.3, 0.4) is 0 Å². The molecule has 0 spiro atoms. The summed E-state index contributed by atoms with van der Waals surface area (Å²) in [5.41, 5.74) is 0. The summed E-state index contributed by atoms with van der Waals surface area (Å²) in [6.45, 7) is 2.27. The van der Waals surface area contributed by atoms with Gasteiger partial charge in [0.15, 0.2) is 0 Å². The number of carbonyl (C=O) groups is 1. The molecule has 0 aliphatic carbocycles. The normalized spacial score (nSPS) is 10.6. The Kier molecular flexibility index (Phi) is 15.7. The first kappa shape index (κ1) is 18.8. The second-order valence-electron chi connectivity index (χ2n) is 5.53. The van der Waals surface area contributed by atoms with Crippen LogP contribution in [-0.2, 0) is 4.79 Å². The zero-order valence-electron chi connectivity index (χ0n) is 12.8. The van der Waals surface area contributed by atoms with Gasteiger partial charge in [-0.15, -0.1) is 0 Å². The third-order valence-corrected chi connectivity index (χ3v) is 3.88. The standard InChI is InChI=1S/C16H33NOS/c1-2-3-4-5-6-7-8-9-10-11-12-13-14-15-16(18)17-19/h19H,2-15H2,1H3,(H,17,18). The fraction of sp³-hybridized carbons (Fsp3) is 0.938. The lowest BCUT2D eigenvalue weighted by Gasteiger charge is -2.03. The first-order valence-electron chi connectivity index (χ1n) is 8.24. The molecule has 2 nitrogen and oxygen atoms in total. The van der Waals surface area contributed by atoms with Gasteiger partial charge in [0.05, 0.1) is 0 Å². The molecule has 0 atom stereocenters. The maximum atomic E-state index is 10.9. The average Bonchev–Trinajstić information content (AvgIpc) is 2.43. The third kappa shape index (κ3) is 15.8. The van der Waals surface area contributed by atoms with Gasteiger partial charge in [0, 0.05) is 6.42 Å². The minimum absolute atomic E-state index is 0.0476. The van der Waals surface area contributed by atoms with Crippen LogP contribution in [0, 0.1) is 0 Å². The van der Waals surface area contributed by atoms with Crippen molar-refractivity contribution < 1.29 is 4.79 Å². The fourth-order valence-electron chi connectivity index (χ4n) is 2.36. The monoisotopic (exact) mass is 287 g/mol. The zero-order chi connectivity index (χ0) is 14.2. The molecule has 0 unspecified atom stereocenters. The van der Waals surface area contributed by atoms with E-state index in [4.69, 9.17) is 0 Å². The minimum atomic E-state index is 0.0476. The van der Waals surface area contributed by atoms with Crippen molar-refractivity contribution in [2.45, 2.75) is 96.8 Å². The maximum Gasteiger partial charge on any atom is 0.229 e. The highest BCUT2D eigenvalue weighted by atomic mass is 32.1. The summed E-state index contributed by atoms with van der Waals surface area (Å²) in [7, 11) is 0. The van der Waals surface area contributed by atoms with Crippen LogP contribution in [0.15, 0.2) is 0 Å². The van der Waals surface area contributed by atoms with E-state index in [0.717, 1.165) is 6.42 Å². The van der Waals surface area contributed by atoms with Gasteiger partial charge in [0.2, 0.25) is 5.91 Å². The predicted octanol–water partition coefficient (Wildman–Crippen LogP) is 5.43. The van der Waals surface area contributed by atoms with Crippen molar-refractivity contribution in [3.8, 4) is 0 Å². The largest absolute Gasteiger partial charge is 0.303 e. The van der Waals surface area contributed by atoms with Crippen molar-refractivity contribution in [3.05, 3.63) is 0 Å². The summed E-state index contributed by atoms with van der Waals surface area (Å²) in [4.78, 5) is 10.9. The van der Waals surface area contributed by atoms with Crippen molar-refractivity contribution in [3.63, 3.8) is 0 Å². The summed E-state index contributed by atoms with van der Waals surface area (Å²) in [5.74, 6) is 0.0476. The number of unbranched alkanes of at least 4 members (excludes halogenated alkanes) is 12. The second-order valence-corrected chi connectivity index (χ2v) is 5.75. The molecule has 0 aliphatic heterocycles. The van der Waals surface area contributed by atoms with Crippen molar-refractivity contribution in [2.24, 2.45) is 0 Å². The molecule has 0 aromatic carbocycles. The van der Waals surface area contributed by atoms with E-state index >= 15 is 0 Å². The number of amides is 1. The number of rotatable bonds is 14. The van der Waals surface area contributed by atoms with Gasteiger partial charge in [0.25, 0.3) is 0 Å². The molecule has 19 heavy (non-hydrogen) atoms. The van der Waals surface area contributed by atoms with E-state index in [0.29, 0.717) is 6.42 Å². The van der Waals surface area contributed by atoms with E-state index in [2.05, 4.69) is 24.5 Å².